The van der Waals surface area contributed by atoms with Crippen molar-refractivity contribution in [2.24, 2.45) is 11.5 Å². The maximum Gasteiger partial charge on any atom is 0.266 e. The first-order chi connectivity index (χ1) is 9.65. The fraction of sp³-hybridized carbons (Fsp3) is 0.385. The van der Waals surface area contributed by atoms with Crippen molar-refractivity contribution in [3.8, 4) is 11.8 Å². The highest BCUT2D eigenvalue weighted by atomic mass is 32.1. The van der Waals surface area contributed by atoms with E-state index >= 15 is 0 Å². The molecule has 2 heterocycles. The van der Waals surface area contributed by atoms with E-state index in [4.69, 9.17) is 16.2 Å². The third-order valence-corrected chi connectivity index (χ3v) is 3.80. The third-order valence-electron chi connectivity index (χ3n) is 2.90. The van der Waals surface area contributed by atoms with Gasteiger partial charge < -0.3 is 21.1 Å². The number of carbonyl (C=O) groups excluding carboxylic acids is 2. The molecule has 7 heteroatoms. The maximum atomic E-state index is 12.5. The van der Waals surface area contributed by atoms with Crippen LogP contribution in [0.25, 0.3) is 0 Å². The summed E-state index contributed by atoms with van der Waals surface area (Å²) in [5, 5.41) is 1.79. The molecule has 1 aliphatic rings. The van der Waals surface area contributed by atoms with Gasteiger partial charge in [-0.25, -0.2) is 0 Å². The van der Waals surface area contributed by atoms with Crippen molar-refractivity contribution in [1.82, 2.24) is 4.90 Å². The van der Waals surface area contributed by atoms with E-state index in [1.165, 1.54) is 16.2 Å². The molecule has 0 bridgehead atoms. The first-order valence-electron chi connectivity index (χ1n) is 6.09. The first-order valence-corrected chi connectivity index (χ1v) is 6.97. The smallest absolute Gasteiger partial charge is 0.266 e. The largest absolute Gasteiger partial charge is 0.377 e. The standard InChI is InChI=1S/C13H15N3O3S/c14-4-1-2-9-3-7-20-11(9)13(18)16-5-6-19-8-10(16)12(15)17/h3,7,10H,4-6,8,14H2,(H2,15,17). The van der Waals surface area contributed by atoms with Crippen LogP contribution < -0.4 is 11.5 Å². The average molecular weight is 293 g/mol. The van der Waals surface area contributed by atoms with Crippen LogP contribution in [0.15, 0.2) is 11.4 Å². The number of rotatable bonds is 2. The minimum atomic E-state index is -0.728. The Hall–Kier alpha value is -1.88. The molecule has 2 amide bonds. The van der Waals surface area contributed by atoms with Crippen molar-refractivity contribution in [1.29, 1.82) is 0 Å². The molecule has 0 aromatic carbocycles. The van der Waals surface area contributed by atoms with Crippen LogP contribution in [0.5, 0.6) is 0 Å². The summed E-state index contributed by atoms with van der Waals surface area (Å²) in [7, 11) is 0. The fourth-order valence-corrected chi connectivity index (χ4v) is 2.74. The minimum absolute atomic E-state index is 0.135. The summed E-state index contributed by atoms with van der Waals surface area (Å²) in [4.78, 5) is 25.9. The zero-order chi connectivity index (χ0) is 14.5. The molecule has 1 unspecified atom stereocenters. The predicted molar refractivity (Wildman–Crippen MR) is 75.1 cm³/mol. The quantitative estimate of drug-likeness (QED) is 0.710. The number of hydrogen-bond acceptors (Lipinski definition) is 5. The van der Waals surface area contributed by atoms with Crippen LogP contribution in [0, 0.1) is 11.8 Å². The van der Waals surface area contributed by atoms with Crippen LogP contribution in [-0.4, -0.2) is 49.1 Å². The van der Waals surface area contributed by atoms with Crippen LogP contribution in [0.1, 0.15) is 15.2 Å². The molecule has 1 aromatic heterocycles. The number of nitrogens with zero attached hydrogens (tertiary/aromatic N) is 1. The normalized spacial score (nSPS) is 18.2. The third kappa shape index (κ3) is 2.99. The molecule has 0 saturated carbocycles. The summed E-state index contributed by atoms with van der Waals surface area (Å²) in [6.07, 6.45) is 0. The summed E-state index contributed by atoms with van der Waals surface area (Å²) in [6.45, 7) is 1.10. The maximum absolute atomic E-state index is 12.5. The van der Waals surface area contributed by atoms with E-state index in [-0.39, 0.29) is 19.1 Å². The molecular weight excluding hydrogens is 278 g/mol. The predicted octanol–water partition coefficient (Wildman–Crippen LogP) is -0.615. The number of primary amides is 1. The number of nitrogens with two attached hydrogens (primary N) is 2. The second kappa shape index (κ2) is 6.52. The molecule has 6 nitrogen and oxygen atoms in total. The van der Waals surface area contributed by atoms with E-state index in [0.29, 0.717) is 23.6 Å². The van der Waals surface area contributed by atoms with E-state index in [1.54, 1.807) is 11.4 Å². The molecule has 20 heavy (non-hydrogen) atoms. The Morgan fingerprint density at radius 3 is 3.05 bits per heavy atom. The average Bonchev–Trinajstić information content (AvgIpc) is 2.92. The van der Waals surface area contributed by atoms with Gasteiger partial charge in [0.2, 0.25) is 5.91 Å². The van der Waals surface area contributed by atoms with E-state index in [9.17, 15) is 9.59 Å². The van der Waals surface area contributed by atoms with Crippen LogP contribution >= 0.6 is 11.3 Å². The van der Waals surface area contributed by atoms with Gasteiger partial charge in [-0.15, -0.1) is 11.3 Å². The van der Waals surface area contributed by atoms with Gasteiger partial charge in [-0.3, -0.25) is 9.59 Å². The summed E-state index contributed by atoms with van der Waals surface area (Å²) in [5.41, 5.74) is 11.3. The molecule has 1 saturated heterocycles. The number of carbonyl (C=O) groups is 2. The van der Waals surface area contributed by atoms with Crippen molar-refractivity contribution in [3.63, 3.8) is 0 Å². The van der Waals surface area contributed by atoms with Crippen molar-refractivity contribution in [2.45, 2.75) is 6.04 Å². The summed E-state index contributed by atoms with van der Waals surface area (Å²) in [5.74, 6) is 4.77. The zero-order valence-corrected chi connectivity index (χ0v) is 11.6. The number of hydrogen-bond donors (Lipinski definition) is 2. The first kappa shape index (κ1) is 14.5. The van der Waals surface area contributed by atoms with Gasteiger partial charge in [0.15, 0.2) is 0 Å². The number of amides is 2. The molecule has 0 radical (unpaired) electrons. The van der Waals surface area contributed by atoms with Gasteiger partial charge in [0.1, 0.15) is 10.9 Å². The van der Waals surface area contributed by atoms with Crippen molar-refractivity contribution in [3.05, 3.63) is 21.9 Å². The minimum Gasteiger partial charge on any atom is -0.377 e. The second-order valence-corrected chi connectivity index (χ2v) is 5.08. The van der Waals surface area contributed by atoms with Crippen molar-refractivity contribution in [2.75, 3.05) is 26.3 Å². The Morgan fingerprint density at radius 2 is 2.35 bits per heavy atom. The molecular formula is C13H15N3O3S. The Labute approximate surface area is 120 Å². The lowest BCUT2D eigenvalue weighted by atomic mass is 10.1. The zero-order valence-electron chi connectivity index (χ0n) is 10.8. The van der Waals surface area contributed by atoms with Crippen LogP contribution in [0.2, 0.25) is 0 Å². The summed E-state index contributed by atoms with van der Waals surface area (Å²) >= 11 is 1.29. The van der Waals surface area contributed by atoms with E-state index in [1.807, 2.05) is 0 Å². The summed E-state index contributed by atoms with van der Waals surface area (Å²) < 4.78 is 5.20. The molecule has 1 aromatic rings. The molecule has 1 fully saturated rings. The SMILES string of the molecule is NCC#Cc1ccsc1C(=O)N1CCOCC1C(N)=O. The van der Waals surface area contributed by atoms with Gasteiger partial charge in [-0.1, -0.05) is 11.8 Å². The van der Waals surface area contributed by atoms with Crippen LogP contribution in [0.4, 0.5) is 0 Å². The van der Waals surface area contributed by atoms with Gasteiger partial charge in [0, 0.05) is 12.1 Å². The molecule has 4 N–H and O–H groups in total. The highest BCUT2D eigenvalue weighted by Gasteiger charge is 2.33. The van der Waals surface area contributed by atoms with E-state index < -0.39 is 11.9 Å². The Bertz CT molecular complexity index is 573. The van der Waals surface area contributed by atoms with Gasteiger partial charge in [-0.05, 0) is 11.4 Å². The van der Waals surface area contributed by atoms with E-state index in [2.05, 4.69) is 11.8 Å². The number of ether oxygens (including phenoxy) is 1. The lowest BCUT2D eigenvalue weighted by Crippen LogP contribution is -2.54. The Balaban J connectivity index is 2.26. The highest BCUT2D eigenvalue weighted by Crippen LogP contribution is 2.20. The molecule has 106 valence electrons. The topological polar surface area (TPSA) is 98.7 Å². The molecule has 0 aliphatic carbocycles. The fourth-order valence-electron chi connectivity index (χ4n) is 1.93. The van der Waals surface area contributed by atoms with Gasteiger partial charge in [0.05, 0.1) is 19.8 Å². The van der Waals surface area contributed by atoms with E-state index in [0.717, 1.165) is 0 Å². The Kier molecular flexibility index (Phi) is 4.74. The Morgan fingerprint density at radius 1 is 1.55 bits per heavy atom. The number of morpholine rings is 1. The van der Waals surface area contributed by atoms with Crippen molar-refractivity contribution < 1.29 is 14.3 Å². The van der Waals surface area contributed by atoms with Gasteiger partial charge >= 0.3 is 0 Å². The van der Waals surface area contributed by atoms with Gasteiger partial charge in [0.25, 0.3) is 5.91 Å². The van der Waals surface area contributed by atoms with Crippen LogP contribution in [-0.2, 0) is 9.53 Å². The monoisotopic (exact) mass is 293 g/mol. The lowest BCUT2D eigenvalue weighted by molar-refractivity contribution is -0.127. The van der Waals surface area contributed by atoms with Gasteiger partial charge in [-0.2, -0.15) is 0 Å². The molecule has 2 rings (SSSR count). The summed E-state index contributed by atoms with van der Waals surface area (Å²) in [6, 6.07) is 1.04. The highest BCUT2D eigenvalue weighted by molar-refractivity contribution is 7.12. The van der Waals surface area contributed by atoms with Crippen molar-refractivity contribution >= 4 is 23.2 Å². The molecule has 1 aliphatic heterocycles. The number of thiophene rings is 1. The molecule has 0 spiro atoms. The van der Waals surface area contributed by atoms with Crippen LogP contribution in [0.3, 0.4) is 0 Å². The lowest BCUT2D eigenvalue weighted by Gasteiger charge is -2.33. The second-order valence-electron chi connectivity index (χ2n) is 4.16. The molecule has 1 atom stereocenters.